The van der Waals surface area contributed by atoms with E-state index >= 15 is 0 Å². The molecule has 0 bridgehead atoms. The average molecular weight is 231 g/mol. The molecule has 0 spiro atoms. The molecule has 1 N–H and O–H groups in total. The molecular formula is C10H11ClO2S. The van der Waals surface area contributed by atoms with Crippen molar-refractivity contribution in [3.63, 3.8) is 0 Å². The third-order valence-electron chi connectivity index (χ3n) is 1.74. The molecule has 1 aromatic carbocycles. The minimum atomic E-state index is -0.781. The first-order valence-corrected chi connectivity index (χ1v) is 5.61. The van der Waals surface area contributed by atoms with E-state index in [9.17, 15) is 4.79 Å². The third-order valence-corrected chi connectivity index (χ3v) is 3.17. The van der Waals surface area contributed by atoms with Crippen molar-refractivity contribution in [2.75, 3.05) is 0 Å². The summed E-state index contributed by atoms with van der Waals surface area (Å²) in [6.45, 7) is 1.68. The van der Waals surface area contributed by atoms with Crippen molar-refractivity contribution >= 4 is 29.3 Å². The molecule has 0 unspecified atom stereocenters. The highest BCUT2D eigenvalue weighted by molar-refractivity contribution is 7.99. The van der Waals surface area contributed by atoms with Gasteiger partial charge in [0.2, 0.25) is 0 Å². The number of benzene rings is 1. The Morgan fingerprint density at radius 3 is 2.93 bits per heavy atom. The van der Waals surface area contributed by atoms with Crippen LogP contribution in [0.2, 0.25) is 5.02 Å². The summed E-state index contributed by atoms with van der Waals surface area (Å²) < 4.78 is 0. The Hall–Kier alpha value is -0.670. The molecule has 14 heavy (non-hydrogen) atoms. The molecule has 0 saturated heterocycles. The molecule has 0 amide bonds. The van der Waals surface area contributed by atoms with Crippen molar-refractivity contribution in [1.29, 1.82) is 0 Å². The van der Waals surface area contributed by atoms with E-state index in [1.54, 1.807) is 13.0 Å². The average Bonchev–Trinajstić information content (AvgIpc) is 2.14. The van der Waals surface area contributed by atoms with Crippen LogP contribution in [0.1, 0.15) is 12.5 Å². The predicted molar refractivity (Wildman–Crippen MR) is 59.8 cm³/mol. The largest absolute Gasteiger partial charge is 0.480 e. The van der Waals surface area contributed by atoms with E-state index in [2.05, 4.69) is 0 Å². The summed E-state index contributed by atoms with van der Waals surface area (Å²) >= 11 is 7.19. The van der Waals surface area contributed by atoms with Crippen LogP contribution in [0.5, 0.6) is 0 Å². The van der Waals surface area contributed by atoms with Gasteiger partial charge in [0.15, 0.2) is 0 Å². The van der Waals surface area contributed by atoms with Crippen LogP contribution in [0, 0.1) is 0 Å². The van der Waals surface area contributed by atoms with Gasteiger partial charge in [0.05, 0.1) is 5.25 Å². The number of hydrogen-bond donors (Lipinski definition) is 1. The second kappa shape index (κ2) is 5.27. The second-order valence-electron chi connectivity index (χ2n) is 2.92. The van der Waals surface area contributed by atoms with Gasteiger partial charge in [-0.1, -0.05) is 23.7 Å². The first-order valence-electron chi connectivity index (χ1n) is 4.18. The number of hydrogen-bond acceptors (Lipinski definition) is 2. The Morgan fingerprint density at radius 1 is 1.64 bits per heavy atom. The van der Waals surface area contributed by atoms with E-state index in [1.807, 2.05) is 18.2 Å². The van der Waals surface area contributed by atoms with E-state index in [0.717, 1.165) is 5.56 Å². The van der Waals surface area contributed by atoms with Gasteiger partial charge in [0.25, 0.3) is 0 Å². The van der Waals surface area contributed by atoms with Gasteiger partial charge in [-0.25, -0.2) is 0 Å². The number of carboxylic acids is 1. The number of carboxylic acid groups (broad SMARTS) is 1. The van der Waals surface area contributed by atoms with Crippen LogP contribution in [0.3, 0.4) is 0 Å². The van der Waals surface area contributed by atoms with Crippen LogP contribution < -0.4 is 0 Å². The minimum absolute atomic E-state index is 0.381. The maximum absolute atomic E-state index is 10.5. The Labute approximate surface area is 92.3 Å². The normalized spacial score (nSPS) is 12.4. The van der Waals surface area contributed by atoms with E-state index in [0.29, 0.717) is 10.8 Å². The van der Waals surface area contributed by atoms with E-state index in [-0.39, 0.29) is 5.25 Å². The van der Waals surface area contributed by atoms with Crippen molar-refractivity contribution in [1.82, 2.24) is 0 Å². The van der Waals surface area contributed by atoms with Crippen molar-refractivity contribution < 1.29 is 9.90 Å². The molecule has 0 fully saturated rings. The number of thioether (sulfide) groups is 1. The zero-order valence-electron chi connectivity index (χ0n) is 7.74. The Bertz CT molecular complexity index is 328. The zero-order valence-corrected chi connectivity index (χ0v) is 9.31. The number of carbonyl (C=O) groups is 1. The fourth-order valence-electron chi connectivity index (χ4n) is 0.919. The highest BCUT2D eigenvalue weighted by atomic mass is 35.5. The molecule has 0 heterocycles. The molecule has 4 heteroatoms. The van der Waals surface area contributed by atoms with E-state index < -0.39 is 5.97 Å². The predicted octanol–water partition coefficient (Wildman–Crippen LogP) is 3.05. The molecule has 0 aliphatic carbocycles. The summed E-state index contributed by atoms with van der Waals surface area (Å²) in [5.41, 5.74) is 1.05. The van der Waals surface area contributed by atoms with Gasteiger partial charge < -0.3 is 5.11 Å². The Kier molecular flexibility index (Phi) is 4.29. The molecule has 0 saturated carbocycles. The molecule has 2 nitrogen and oxygen atoms in total. The summed E-state index contributed by atoms with van der Waals surface area (Å²) in [5, 5.41) is 8.97. The van der Waals surface area contributed by atoms with Gasteiger partial charge in [-0.3, -0.25) is 4.79 Å². The lowest BCUT2D eigenvalue weighted by Gasteiger charge is -2.05. The van der Waals surface area contributed by atoms with Crippen molar-refractivity contribution in [2.24, 2.45) is 0 Å². The second-order valence-corrected chi connectivity index (χ2v) is 4.69. The monoisotopic (exact) mass is 230 g/mol. The first-order chi connectivity index (χ1) is 6.59. The van der Waals surface area contributed by atoms with Crippen molar-refractivity contribution in [3.8, 4) is 0 Å². The molecule has 0 radical (unpaired) electrons. The third kappa shape index (κ3) is 3.60. The van der Waals surface area contributed by atoms with Crippen molar-refractivity contribution in [3.05, 3.63) is 34.9 Å². The van der Waals surface area contributed by atoms with Crippen LogP contribution in [-0.2, 0) is 10.5 Å². The molecule has 0 aliphatic heterocycles. The maximum atomic E-state index is 10.5. The summed E-state index contributed by atoms with van der Waals surface area (Å²) in [6, 6.07) is 7.45. The lowest BCUT2D eigenvalue weighted by atomic mass is 10.2. The summed E-state index contributed by atoms with van der Waals surface area (Å²) in [7, 11) is 0. The smallest absolute Gasteiger partial charge is 0.316 e. The van der Waals surface area contributed by atoms with Crippen LogP contribution in [0.25, 0.3) is 0 Å². The molecular weight excluding hydrogens is 220 g/mol. The van der Waals surface area contributed by atoms with Crippen LogP contribution >= 0.6 is 23.4 Å². The maximum Gasteiger partial charge on any atom is 0.316 e. The first kappa shape index (κ1) is 11.4. The lowest BCUT2D eigenvalue weighted by molar-refractivity contribution is -0.136. The highest BCUT2D eigenvalue weighted by Crippen LogP contribution is 2.19. The zero-order chi connectivity index (χ0) is 10.6. The Morgan fingerprint density at radius 2 is 2.36 bits per heavy atom. The van der Waals surface area contributed by atoms with Gasteiger partial charge in [0, 0.05) is 10.8 Å². The van der Waals surface area contributed by atoms with E-state index in [4.69, 9.17) is 16.7 Å². The fraction of sp³-hybridized carbons (Fsp3) is 0.300. The lowest BCUT2D eigenvalue weighted by Crippen LogP contribution is -2.11. The topological polar surface area (TPSA) is 37.3 Å². The SMILES string of the molecule is C[C@H](SCc1cccc(Cl)c1)C(=O)O. The number of aliphatic carboxylic acids is 1. The minimum Gasteiger partial charge on any atom is -0.480 e. The number of halogens is 1. The standard InChI is InChI=1S/C10H11ClO2S/c1-7(10(12)13)14-6-8-3-2-4-9(11)5-8/h2-5,7H,6H2,1H3,(H,12,13)/t7-/m0/s1. The summed E-state index contributed by atoms with van der Waals surface area (Å²) in [5.74, 6) is -0.106. The molecule has 1 atom stereocenters. The summed E-state index contributed by atoms with van der Waals surface area (Å²) in [4.78, 5) is 10.5. The molecule has 76 valence electrons. The van der Waals surface area contributed by atoms with Gasteiger partial charge in [-0.2, -0.15) is 0 Å². The quantitative estimate of drug-likeness (QED) is 0.864. The van der Waals surface area contributed by atoms with E-state index in [1.165, 1.54) is 11.8 Å². The van der Waals surface area contributed by atoms with Crippen molar-refractivity contribution in [2.45, 2.75) is 17.9 Å². The molecule has 1 rings (SSSR count). The fourth-order valence-corrected chi connectivity index (χ4v) is 1.90. The van der Waals surface area contributed by atoms with Crippen LogP contribution in [0.4, 0.5) is 0 Å². The number of rotatable bonds is 4. The van der Waals surface area contributed by atoms with Crippen LogP contribution in [0.15, 0.2) is 24.3 Å². The van der Waals surface area contributed by atoms with Gasteiger partial charge in [-0.05, 0) is 24.6 Å². The van der Waals surface area contributed by atoms with Gasteiger partial charge >= 0.3 is 5.97 Å². The molecule has 0 aromatic heterocycles. The molecule has 0 aliphatic rings. The van der Waals surface area contributed by atoms with Crippen LogP contribution in [-0.4, -0.2) is 16.3 Å². The van der Waals surface area contributed by atoms with Gasteiger partial charge in [-0.15, -0.1) is 11.8 Å². The summed E-state index contributed by atoms with van der Waals surface area (Å²) in [6.07, 6.45) is 0. The Balaban J connectivity index is 2.49. The van der Waals surface area contributed by atoms with Gasteiger partial charge in [0.1, 0.15) is 0 Å². The molecule has 1 aromatic rings. The highest BCUT2D eigenvalue weighted by Gasteiger charge is 2.10.